The Hall–Kier alpha value is -3.60. The second-order valence-electron chi connectivity index (χ2n) is 7.40. The predicted molar refractivity (Wildman–Crippen MR) is 118 cm³/mol. The van der Waals surface area contributed by atoms with Gasteiger partial charge in [0.2, 0.25) is 0 Å². The van der Waals surface area contributed by atoms with Crippen LogP contribution in [-0.2, 0) is 4.79 Å². The summed E-state index contributed by atoms with van der Waals surface area (Å²) in [6.45, 7) is 7.83. The minimum atomic E-state index is -0.388. The van der Waals surface area contributed by atoms with Gasteiger partial charge >= 0.3 is 0 Å². The van der Waals surface area contributed by atoms with Crippen molar-refractivity contribution in [1.82, 2.24) is 10.6 Å². The fourth-order valence-electron chi connectivity index (χ4n) is 3.35. The lowest BCUT2D eigenvalue weighted by Gasteiger charge is -2.19. The average Bonchev–Trinajstić information content (AvgIpc) is 3.20. The summed E-state index contributed by atoms with van der Waals surface area (Å²) in [5.74, 6) is -0.259. The van der Waals surface area contributed by atoms with Crippen LogP contribution in [0.5, 0.6) is 0 Å². The Kier molecular flexibility index (Phi) is 6.52. The lowest BCUT2D eigenvalue weighted by atomic mass is 10.00. The number of carbonyl (C=O) groups is 2. The highest BCUT2D eigenvalue weighted by molar-refractivity contribution is 6.05. The quantitative estimate of drug-likeness (QED) is 0.579. The number of hydrogen-bond donors (Lipinski definition) is 2. The Balaban J connectivity index is 1.84. The molecule has 0 radical (unpaired) electrons. The van der Waals surface area contributed by atoms with Gasteiger partial charge in [-0.15, -0.1) is 0 Å². The molecule has 2 aromatic carbocycles. The first kappa shape index (κ1) is 21.1. The van der Waals surface area contributed by atoms with Crippen molar-refractivity contribution in [2.45, 2.75) is 33.7 Å². The molecule has 0 spiro atoms. The highest BCUT2D eigenvalue weighted by atomic mass is 16.3. The lowest BCUT2D eigenvalue weighted by Crippen LogP contribution is -2.36. The van der Waals surface area contributed by atoms with Crippen LogP contribution in [0.2, 0.25) is 0 Å². The predicted octanol–water partition coefficient (Wildman–Crippen LogP) is 4.85. The molecule has 5 heteroatoms. The number of benzene rings is 2. The second kappa shape index (κ2) is 9.27. The Labute approximate surface area is 176 Å². The Morgan fingerprint density at radius 1 is 0.967 bits per heavy atom. The van der Waals surface area contributed by atoms with E-state index in [0.717, 1.165) is 16.7 Å². The molecule has 0 saturated heterocycles. The summed E-state index contributed by atoms with van der Waals surface area (Å²) in [7, 11) is 0. The fraction of sp³-hybridized carbons (Fsp3) is 0.200. The van der Waals surface area contributed by atoms with E-state index >= 15 is 0 Å². The summed E-state index contributed by atoms with van der Waals surface area (Å²) in [5, 5.41) is 5.72. The van der Waals surface area contributed by atoms with E-state index in [-0.39, 0.29) is 23.6 Å². The molecular weight excluding hydrogens is 376 g/mol. The zero-order valence-corrected chi connectivity index (χ0v) is 17.7. The van der Waals surface area contributed by atoms with Gasteiger partial charge in [-0.1, -0.05) is 42.0 Å². The molecule has 30 heavy (non-hydrogen) atoms. The molecule has 1 heterocycles. The van der Waals surface area contributed by atoms with Crippen molar-refractivity contribution < 1.29 is 14.0 Å². The SMILES string of the molecule is Cc1ccc([C@H](C)NC(=O)/C(=C/c2ccco2)NC(=O)c2ccccc2C)c(C)c1. The first-order valence-corrected chi connectivity index (χ1v) is 9.85. The van der Waals surface area contributed by atoms with E-state index in [2.05, 4.69) is 16.7 Å². The van der Waals surface area contributed by atoms with Crippen molar-refractivity contribution in [3.8, 4) is 0 Å². The minimum absolute atomic E-state index is 0.120. The molecule has 2 amide bonds. The topological polar surface area (TPSA) is 71.3 Å². The van der Waals surface area contributed by atoms with Crippen LogP contribution in [0.1, 0.15) is 51.3 Å². The summed E-state index contributed by atoms with van der Waals surface area (Å²) in [6.07, 6.45) is 3.04. The molecule has 0 bridgehead atoms. The maximum absolute atomic E-state index is 13.0. The van der Waals surface area contributed by atoms with Gasteiger partial charge in [-0.05, 0) is 62.6 Å². The number of nitrogens with one attached hydrogen (secondary N) is 2. The average molecular weight is 402 g/mol. The first-order chi connectivity index (χ1) is 14.3. The van der Waals surface area contributed by atoms with Gasteiger partial charge in [0.25, 0.3) is 11.8 Å². The molecule has 1 atom stereocenters. The van der Waals surface area contributed by atoms with Crippen molar-refractivity contribution in [2.75, 3.05) is 0 Å². The number of carbonyl (C=O) groups excluding carboxylic acids is 2. The van der Waals surface area contributed by atoms with Gasteiger partial charge in [0.1, 0.15) is 11.5 Å². The number of furan rings is 1. The molecular formula is C25H26N2O3. The minimum Gasteiger partial charge on any atom is -0.465 e. The molecule has 0 fully saturated rings. The monoisotopic (exact) mass is 402 g/mol. The summed E-state index contributed by atoms with van der Waals surface area (Å²) in [4.78, 5) is 25.8. The molecule has 3 rings (SSSR count). The number of aryl methyl sites for hydroxylation is 3. The molecule has 0 aliphatic rings. The van der Waals surface area contributed by atoms with Gasteiger partial charge in [0.15, 0.2) is 0 Å². The first-order valence-electron chi connectivity index (χ1n) is 9.85. The molecule has 2 N–H and O–H groups in total. The Bertz CT molecular complexity index is 1080. The molecule has 1 aromatic heterocycles. The van der Waals surface area contributed by atoms with Crippen LogP contribution in [-0.4, -0.2) is 11.8 Å². The van der Waals surface area contributed by atoms with Gasteiger partial charge < -0.3 is 15.1 Å². The van der Waals surface area contributed by atoms with Gasteiger partial charge in [0.05, 0.1) is 12.3 Å². The van der Waals surface area contributed by atoms with Crippen LogP contribution in [0.4, 0.5) is 0 Å². The van der Waals surface area contributed by atoms with Gasteiger partial charge in [-0.3, -0.25) is 9.59 Å². The second-order valence-corrected chi connectivity index (χ2v) is 7.40. The van der Waals surface area contributed by atoms with Crippen molar-refractivity contribution >= 4 is 17.9 Å². The summed E-state index contributed by atoms with van der Waals surface area (Å²) >= 11 is 0. The van der Waals surface area contributed by atoms with Crippen molar-refractivity contribution in [3.63, 3.8) is 0 Å². The van der Waals surface area contributed by atoms with E-state index in [1.807, 2.05) is 52.0 Å². The number of amides is 2. The maximum Gasteiger partial charge on any atom is 0.268 e. The van der Waals surface area contributed by atoms with E-state index in [1.54, 1.807) is 24.3 Å². The Morgan fingerprint density at radius 3 is 2.40 bits per heavy atom. The molecule has 0 aliphatic heterocycles. The van der Waals surface area contributed by atoms with Crippen LogP contribution >= 0.6 is 0 Å². The maximum atomic E-state index is 13.0. The largest absolute Gasteiger partial charge is 0.465 e. The van der Waals surface area contributed by atoms with Crippen LogP contribution in [0.25, 0.3) is 6.08 Å². The zero-order chi connectivity index (χ0) is 21.7. The molecule has 0 saturated carbocycles. The molecule has 154 valence electrons. The lowest BCUT2D eigenvalue weighted by molar-refractivity contribution is -0.118. The Morgan fingerprint density at radius 2 is 1.73 bits per heavy atom. The third-order valence-corrected chi connectivity index (χ3v) is 4.95. The number of hydrogen-bond acceptors (Lipinski definition) is 3. The van der Waals surface area contributed by atoms with Crippen LogP contribution < -0.4 is 10.6 Å². The van der Waals surface area contributed by atoms with Crippen LogP contribution in [0.15, 0.2) is 71.0 Å². The van der Waals surface area contributed by atoms with E-state index in [9.17, 15) is 9.59 Å². The smallest absolute Gasteiger partial charge is 0.268 e. The molecule has 0 aliphatic carbocycles. The number of rotatable bonds is 6. The summed E-state index contributed by atoms with van der Waals surface area (Å²) in [6, 6.07) is 16.6. The summed E-state index contributed by atoms with van der Waals surface area (Å²) < 4.78 is 5.34. The van der Waals surface area contributed by atoms with E-state index in [0.29, 0.717) is 11.3 Å². The van der Waals surface area contributed by atoms with Crippen molar-refractivity contribution in [1.29, 1.82) is 0 Å². The van der Waals surface area contributed by atoms with E-state index in [1.165, 1.54) is 17.9 Å². The van der Waals surface area contributed by atoms with E-state index < -0.39 is 0 Å². The standard InChI is InChI=1S/C25H26N2O3/c1-16-11-12-21(18(3)14-16)19(4)26-25(29)23(15-20-9-7-13-30-20)27-24(28)22-10-6-5-8-17(22)2/h5-15,19H,1-4H3,(H,26,29)(H,27,28)/b23-15-/t19-/m0/s1. The molecule has 0 unspecified atom stereocenters. The van der Waals surface area contributed by atoms with Crippen LogP contribution in [0.3, 0.4) is 0 Å². The highest BCUT2D eigenvalue weighted by Gasteiger charge is 2.19. The molecule has 3 aromatic rings. The normalized spacial score (nSPS) is 12.3. The summed E-state index contributed by atoms with van der Waals surface area (Å²) in [5.41, 5.74) is 4.75. The third-order valence-electron chi connectivity index (χ3n) is 4.95. The third kappa shape index (κ3) is 5.06. The van der Waals surface area contributed by atoms with Crippen molar-refractivity contribution in [2.24, 2.45) is 0 Å². The van der Waals surface area contributed by atoms with Gasteiger partial charge in [0, 0.05) is 11.6 Å². The zero-order valence-electron chi connectivity index (χ0n) is 17.7. The van der Waals surface area contributed by atoms with E-state index in [4.69, 9.17) is 4.42 Å². The highest BCUT2D eigenvalue weighted by Crippen LogP contribution is 2.19. The molecule has 5 nitrogen and oxygen atoms in total. The van der Waals surface area contributed by atoms with Gasteiger partial charge in [-0.25, -0.2) is 0 Å². The van der Waals surface area contributed by atoms with Crippen molar-refractivity contribution in [3.05, 3.63) is 100 Å². The fourth-order valence-corrected chi connectivity index (χ4v) is 3.35. The van der Waals surface area contributed by atoms with Gasteiger partial charge in [-0.2, -0.15) is 0 Å². The van der Waals surface area contributed by atoms with Crippen LogP contribution in [0, 0.1) is 20.8 Å².